The Hall–Kier alpha value is -2.57. The third-order valence-electron chi connectivity index (χ3n) is 3.90. The lowest BCUT2D eigenvalue weighted by atomic mass is 10.2. The van der Waals surface area contributed by atoms with Gasteiger partial charge < -0.3 is 4.74 Å². The molecule has 0 saturated heterocycles. The molecule has 27 heavy (non-hydrogen) atoms. The summed E-state index contributed by atoms with van der Waals surface area (Å²) >= 11 is 5.82. The molecule has 3 rings (SSSR count). The van der Waals surface area contributed by atoms with Crippen LogP contribution in [0, 0.1) is 0 Å². The second kappa shape index (κ2) is 8.41. The van der Waals surface area contributed by atoms with Crippen LogP contribution in [0.2, 0.25) is 5.15 Å². The summed E-state index contributed by atoms with van der Waals surface area (Å²) in [7, 11) is -3.49. The van der Waals surface area contributed by atoms with E-state index in [9.17, 15) is 8.42 Å². The van der Waals surface area contributed by atoms with Gasteiger partial charge in [0.2, 0.25) is 10.0 Å². The summed E-state index contributed by atoms with van der Waals surface area (Å²) in [5.74, 6) is 1.23. The van der Waals surface area contributed by atoms with Gasteiger partial charge in [-0.1, -0.05) is 41.9 Å². The Bertz CT molecular complexity index is 993. The van der Waals surface area contributed by atoms with Crippen molar-refractivity contribution in [1.82, 2.24) is 4.98 Å². The van der Waals surface area contributed by atoms with Crippen molar-refractivity contribution >= 4 is 27.3 Å². The van der Waals surface area contributed by atoms with E-state index in [1.807, 2.05) is 30.3 Å². The predicted octanol–water partition coefficient (Wildman–Crippen LogP) is 4.88. The van der Waals surface area contributed by atoms with E-state index in [-0.39, 0.29) is 12.3 Å². The molecule has 7 heteroatoms. The van der Waals surface area contributed by atoms with Gasteiger partial charge in [0.25, 0.3) is 0 Å². The van der Waals surface area contributed by atoms with Crippen LogP contribution in [0.1, 0.15) is 12.5 Å². The van der Waals surface area contributed by atoms with Crippen molar-refractivity contribution in [2.24, 2.45) is 0 Å². The first-order valence-electron chi connectivity index (χ1n) is 8.42. The highest BCUT2D eigenvalue weighted by Gasteiger charge is 2.21. The number of hydrogen-bond acceptors (Lipinski definition) is 4. The molecule has 5 nitrogen and oxygen atoms in total. The summed E-state index contributed by atoms with van der Waals surface area (Å²) in [5, 5.41) is 0.363. The number of rotatable bonds is 7. The molecule has 0 N–H and O–H groups in total. The van der Waals surface area contributed by atoms with Gasteiger partial charge in [0.1, 0.15) is 16.7 Å². The molecule has 0 bridgehead atoms. The number of para-hydroxylation sites is 1. The molecule has 140 valence electrons. The second-order valence-electron chi connectivity index (χ2n) is 5.81. The van der Waals surface area contributed by atoms with Gasteiger partial charge in [0, 0.05) is 12.3 Å². The number of ether oxygens (including phenoxy) is 1. The standard InChI is InChI=1S/C20H19ClN2O3S/c1-2-27(24,25)23(15-16-11-12-20(21)22-14-16)17-7-6-10-19(13-17)26-18-8-4-3-5-9-18/h3-14H,2,15H2,1H3. The van der Waals surface area contributed by atoms with E-state index >= 15 is 0 Å². The molecule has 1 aromatic heterocycles. The van der Waals surface area contributed by atoms with Crippen LogP contribution in [0.3, 0.4) is 0 Å². The molecule has 1 heterocycles. The highest BCUT2D eigenvalue weighted by molar-refractivity contribution is 7.92. The maximum Gasteiger partial charge on any atom is 0.235 e. The van der Waals surface area contributed by atoms with Crippen LogP contribution >= 0.6 is 11.6 Å². The van der Waals surface area contributed by atoms with Crippen LogP contribution in [0.15, 0.2) is 72.9 Å². The van der Waals surface area contributed by atoms with Crippen LogP contribution in [0.4, 0.5) is 5.69 Å². The molecule has 0 amide bonds. The van der Waals surface area contributed by atoms with Gasteiger partial charge in [-0.05, 0) is 42.8 Å². The summed E-state index contributed by atoms with van der Waals surface area (Å²) in [6.07, 6.45) is 1.57. The summed E-state index contributed by atoms with van der Waals surface area (Å²) in [6.45, 7) is 1.78. The molecule has 0 aliphatic rings. The zero-order chi connectivity index (χ0) is 19.3. The Morgan fingerprint density at radius 3 is 2.41 bits per heavy atom. The topological polar surface area (TPSA) is 59.5 Å². The number of nitrogens with zero attached hydrogens (tertiary/aromatic N) is 2. The first kappa shape index (κ1) is 19.2. The first-order chi connectivity index (χ1) is 13.0. The van der Waals surface area contributed by atoms with Crippen LogP contribution in [0.25, 0.3) is 0 Å². The molecule has 0 unspecified atom stereocenters. The molecular formula is C20H19ClN2O3S. The van der Waals surface area contributed by atoms with E-state index < -0.39 is 10.0 Å². The summed E-state index contributed by atoms with van der Waals surface area (Å²) in [4.78, 5) is 4.03. The average molecular weight is 403 g/mol. The minimum absolute atomic E-state index is 0.0161. The monoisotopic (exact) mass is 402 g/mol. The highest BCUT2D eigenvalue weighted by atomic mass is 35.5. The van der Waals surface area contributed by atoms with Gasteiger partial charge in [0.15, 0.2) is 0 Å². The lowest BCUT2D eigenvalue weighted by Gasteiger charge is -2.24. The van der Waals surface area contributed by atoms with Crippen LogP contribution in [-0.2, 0) is 16.6 Å². The van der Waals surface area contributed by atoms with Gasteiger partial charge >= 0.3 is 0 Å². The van der Waals surface area contributed by atoms with Crippen molar-refractivity contribution in [2.75, 3.05) is 10.1 Å². The summed E-state index contributed by atoms with van der Waals surface area (Å²) < 4.78 is 32.5. The third kappa shape index (κ3) is 4.99. The number of anilines is 1. The highest BCUT2D eigenvalue weighted by Crippen LogP contribution is 2.28. The van der Waals surface area contributed by atoms with Crippen LogP contribution < -0.4 is 9.04 Å². The SMILES string of the molecule is CCS(=O)(=O)N(Cc1ccc(Cl)nc1)c1cccc(Oc2ccccc2)c1. The molecule has 0 fully saturated rings. The Labute approximate surface area is 164 Å². The van der Waals surface area contributed by atoms with E-state index in [0.29, 0.717) is 22.3 Å². The van der Waals surface area contributed by atoms with Crippen molar-refractivity contribution in [1.29, 1.82) is 0 Å². The number of halogens is 1. The third-order valence-corrected chi connectivity index (χ3v) is 5.86. The van der Waals surface area contributed by atoms with Gasteiger partial charge in [-0.3, -0.25) is 4.31 Å². The Morgan fingerprint density at radius 2 is 1.74 bits per heavy atom. The van der Waals surface area contributed by atoms with Crippen LogP contribution in [-0.4, -0.2) is 19.2 Å². The minimum atomic E-state index is -3.49. The minimum Gasteiger partial charge on any atom is -0.457 e. The molecule has 0 atom stereocenters. The molecule has 0 aliphatic heterocycles. The number of pyridine rings is 1. The van der Waals surface area contributed by atoms with Crippen molar-refractivity contribution in [3.05, 3.63) is 83.6 Å². The molecule has 2 aromatic carbocycles. The fourth-order valence-electron chi connectivity index (χ4n) is 2.50. The largest absolute Gasteiger partial charge is 0.457 e. The number of benzene rings is 2. The van der Waals surface area contributed by atoms with Crippen molar-refractivity contribution in [3.8, 4) is 11.5 Å². The van der Waals surface area contributed by atoms with Gasteiger partial charge in [-0.2, -0.15) is 0 Å². The number of sulfonamides is 1. The Morgan fingerprint density at radius 1 is 1.00 bits per heavy atom. The van der Waals surface area contributed by atoms with E-state index in [1.165, 1.54) is 4.31 Å². The molecular weight excluding hydrogens is 384 g/mol. The zero-order valence-corrected chi connectivity index (χ0v) is 16.3. The quantitative estimate of drug-likeness (QED) is 0.528. The zero-order valence-electron chi connectivity index (χ0n) is 14.7. The van der Waals surface area contributed by atoms with E-state index in [1.54, 1.807) is 49.5 Å². The Balaban J connectivity index is 1.92. The van der Waals surface area contributed by atoms with E-state index in [2.05, 4.69) is 4.98 Å². The fourth-order valence-corrected chi connectivity index (χ4v) is 3.70. The van der Waals surface area contributed by atoms with Crippen LogP contribution in [0.5, 0.6) is 11.5 Å². The molecule has 0 radical (unpaired) electrons. The molecule has 3 aromatic rings. The smallest absolute Gasteiger partial charge is 0.235 e. The van der Waals surface area contributed by atoms with Gasteiger partial charge in [-0.25, -0.2) is 13.4 Å². The molecule has 0 aliphatic carbocycles. The summed E-state index contributed by atoms with van der Waals surface area (Å²) in [6, 6.07) is 19.8. The molecule has 0 spiro atoms. The lowest BCUT2D eigenvalue weighted by Crippen LogP contribution is -2.31. The number of aromatic nitrogens is 1. The van der Waals surface area contributed by atoms with Crippen molar-refractivity contribution < 1.29 is 13.2 Å². The van der Waals surface area contributed by atoms with E-state index in [0.717, 1.165) is 5.56 Å². The predicted molar refractivity (Wildman–Crippen MR) is 108 cm³/mol. The Kier molecular flexibility index (Phi) is 5.98. The number of hydrogen-bond donors (Lipinski definition) is 0. The van der Waals surface area contributed by atoms with Crippen molar-refractivity contribution in [2.45, 2.75) is 13.5 Å². The second-order valence-corrected chi connectivity index (χ2v) is 8.38. The summed E-state index contributed by atoms with van der Waals surface area (Å²) in [5.41, 5.74) is 1.27. The van der Waals surface area contributed by atoms with Gasteiger partial charge in [-0.15, -0.1) is 0 Å². The van der Waals surface area contributed by atoms with E-state index in [4.69, 9.17) is 16.3 Å². The lowest BCUT2D eigenvalue weighted by molar-refractivity contribution is 0.483. The maximum absolute atomic E-state index is 12.7. The maximum atomic E-state index is 12.7. The average Bonchev–Trinajstić information content (AvgIpc) is 2.68. The fraction of sp³-hybridized carbons (Fsp3) is 0.150. The van der Waals surface area contributed by atoms with Gasteiger partial charge in [0.05, 0.1) is 18.0 Å². The first-order valence-corrected chi connectivity index (χ1v) is 10.4. The molecule has 0 saturated carbocycles. The normalized spacial score (nSPS) is 11.2. The van der Waals surface area contributed by atoms with Crippen molar-refractivity contribution in [3.63, 3.8) is 0 Å².